The maximum absolute atomic E-state index is 12.5. The maximum Gasteiger partial charge on any atom is 0.416 e. The lowest BCUT2D eigenvalue weighted by Crippen LogP contribution is -2.21. The van der Waals surface area contributed by atoms with E-state index in [4.69, 9.17) is 0 Å². The fourth-order valence-electron chi connectivity index (χ4n) is 1.33. The molecule has 0 aliphatic carbocycles. The van der Waals surface area contributed by atoms with E-state index < -0.39 is 32.4 Å². The van der Waals surface area contributed by atoms with Crippen molar-refractivity contribution in [3.05, 3.63) is 29.3 Å². The number of carbonyl (C=O) groups excluding carboxylic acids is 1. The Kier molecular flexibility index (Phi) is 3.70. The summed E-state index contributed by atoms with van der Waals surface area (Å²) in [6.07, 6.45) is -3.92. The number of rotatable bonds is 2. The van der Waals surface area contributed by atoms with Gasteiger partial charge in [0.05, 0.1) is 16.0 Å². The lowest BCUT2D eigenvalue weighted by molar-refractivity contribution is -0.137. The summed E-state index contributed by atoms with van der Waals surface area (Å²) >= 11 is 0. The number of hydrogen-bond acceptors (Lipinski definition) is 3. The van der Waals surface area contributed by atoms with Crippen molar-refractivity contribution >= 4 is 15.7 Å². The Bertz CT molecular complexity index is 579. The zero-order chi connectivity index (χ0) is 14.1. The van der Waals surface area contributed by atoms with E-state index in [2.05, 4.69) is 5.32 Å². The molecule has 1 aromatic carbocycles. The lowest BCUT2D eigenvalue weighted by Gasteiger charge is -2.11. The first-order valence-corrected chi connectivity index (χ1v) is 6.60. The number of hydrogen-bond donors (Lipinski definition) is 1. The zero-order valence-electron chi connectivity index (χ0n) is 9.50. The van der Waals surface area contributed by atoms with Gasteiger partial charge in [-0.15, -0.1) is 0 Å². The Hall–Kier alpha value is -1.57. The summed E-state index contributed by atoms with van der Waals surface area (Å²) in [6.45, 7) is 0. The van der Waals surface area contributed by atoms with Crippen LogP contribution in [-0.4, -0.2) is 27.6 Å². The molecule has 0 aliphatic rings. The molecule has 0 saturated heterocycles. The molecule has 1 rings (SSSR count). The smallest absolute Gasteiger partial charge is 0.355 e. The van der Waals surface area contributed by atoms with Gasteiger partial charge in [0, 0.05) is 13.3 Å². The molecule has 0 spiro atoms. The SMILES string of the molecule is CNC(=O)c1ccc(C(F)(F)F)cc1S(C)(=O)=O. The predicted octanol–water partition coefficient (Wildman–Crippen LogP) is 1.47. The van der Waals surface area contributed by atoms with Gasteiger partial charge in [0.1, 0.15) is 0 Å². The van der Waals surface area contributed by atoms with E-state index >= 15 is 0 Å². The van der Waals surface area contributed by atoms with Gasteiger partial charge in [-0.3, -0.25) is 4.79 Å². The van der Waals surface area contributed by atoms with Crippen LogP contribution >= 0.6 is 0 Å². The Morgan fingerprint density at radius 1 is 1.28 bits per heavy atom. The standard InChI is InChI=1S/C10H10F3NO3S/c1-14-9(15)7-4-3-6(10(11,12)13)5-8(7)18(2,16)17/h3-5H,1-2H3,(H,14,15). The number of alkyl halides is 3. The number of benzene rings is 1. The van der Waals surface area contributed by atoms with Gasteiger partial charge in [-0.2, -0.15) is 13.2 Å². The van der Waals surface area contributed by atoms with Crippen LogP contribution in [0.5, 0.6) is 0 Å². The summed E-state index contributed by atoms with van der Waals surface area (Å²) in [5, 5.41) is 2.17. The van der Waals surface area contributed by atoms with Crippen molar-refractivity contribution in [2.45, 2.75) is 11.1 Å². The fraction of sp³-hybridized carbons (Fsp3) is 0.300. The average molecular weight is 281 g/mol. The average Bonchev–Trinajstić information content (AvgIpc) is 2.24. The first-order valence-electron chi connectivity index (χ1n) is 4.70. The molecule has 0 saturated carbocycles. The second kappa shape index (κ2) is 4.60. The Balaban J connectivity index is 3.55. The van der Waals surface area contributed by atoms with Gasteiger partial charge in [0.25, 0.3) is 5.91 Å². The normalized spacial score (nSPS) is 12.3. The van der Waals surface area contributed by atoms with E-state index in [1.807, 2.05) is 0 Å². The third-order valence-electron chi connectivity index (χ3n) is 2.18. The maximum atomic E-state index is 12.5. The molecule has 0 aromatic heterocycles. The molecule has 4 nitrogen and oxygen atoms in total. The third kappa shape index (κ3) is 3.00. The highest BCUT2D eigenvalue weighted by molar-refractivity contribution is 7.90. The molecule has 0 heterocycles. The van der Waals surface area contributed by atoms with Crippen molar-refractivity contribution in [1.82, 2.24) is 5.32 Å². The Morgan fingerprint density at radius 3 is 2.22 bits per heavy atom. The van der Waals surface area contributed by atoms with Crippen LogP contribution in [0.3, 0.4) is 0 Å². The number of sulfone groups is 1. The molecule has 0 radical (unpaired) electrons. The minimum absolute atomic E-state index is 0.312. The van der Waals surface area contributed by atoms with E-state index in [1.54, 1.807) is 0 Å². The van der Waals surface area contributed by atoms with Gasteiger partial charge >= 0.3 is 6.18 Å². The summed E-state index contributed by atoms with van der Waals surface area (Å²) in [6, 6.07) is 1.97. The number of nitrogens with one attached hydrogen (secondary N) is 1. The molecular weight excluding hydrogens is 271 g/mol. The highest BCUT2D eigenvalue weighted by Gasteiger charge is 2.32. The summed E-state index contributed by atoms with van der Waals surface area (Å²) in [5.41, 5.74) is -1.43. The van der Waals surface area contributed by atoms with Crippen LogP contribution in [-0.2, 0) is 16.0 Å². The van der Waals surface area contributed by atoms with Crippen molar-refractivity contribution < 1.29 is 26.4 Å². The van der Waals surface area contributed by atoms with Gasteiger partial charge in [-0.25, -0.2) is 8.42 Å². The van der Waals surface area contributed by atoms with Gasteiger partial charge in [-0.1, -0.05) is 0 Å². The van der Waals surface area contributed by atoms with E-state index in [-0.39, 0.29) is 5.56 Å². The van der Waals surface area contributed by atoms with E-state index in [1.165, 1.54) is 7.05 Å². The van der Waals surface area contributed by atoms with Crippen LogP contribution in [0.25, 0.3) is 0 Å². The topological polar surface area (TPSA) is 63.2 Å². The molecule has 8 heteroatoms. The minimum atomic E-state index is -4.67. The first-order chi connectivity index (χ1) is 8.07. The van der Waals surface area contributed by atoms with E-state index in [0.29, 0.717) is 12.1 Å². The highest BCUT2D eigenvalue weighted by atomic mass is 32.2. The van der Waals surface area contributed by atoms with Crippen LogP contribution in [0.1, 0.15) is 15.9 Å². The van der Waals surface area contributed by atoms with Crippen molar-refractivity contribution in [3.63, 3.8) is 0 Å². The van der Waals surface area contributed by atoms with Crippen molar-refractivity contribution in [2.24, 2.45) is 0 Å². The Morgan fingerprint density at radius 2 is 1.83 bits per heavy atom. The van der Waals surface area contributed by atoms with Gasteiger partial charge in [0.15, 0.2) is 9.84 Å². The van der Waals surface area contributed by atoms with Crippen LogP contribution in [0.2, 0.25) is 0 Å². The monoisotopic (exact) mass is 281 g/mol. The molecule has 18 heavy (non-hydrogen) atoms. The quantitative estimate of drug-likeness (QED) is 0.892. The number of halogens is 3. The molecule has 100 valence electrons. The summed E-state index contributed by atoms with van der Waals surface area (Å²) < 4.78 is 60.2. The Labute approximate surface area is 102 Å². The third-order valence-corrected chi connectivity index (χ3v) is 3.32. The van der Waals surface area contributed by atoms with Crippen molar-refractivity contribution in [1.29, 1.82) is 0 Å². The highest BCUT2D eigenvalue weighted by Crippen LogP contribution is 2.31. The molecule has 0 fully saturated rings. The second-order valence-electron chi connectivity index (χ2n) is 3.56. The lowest BCUT2D eigenvalue weighted by atomic mass is 10.1. The van der Waals surface area contributed by atoms with E-state index in [9.17, 15) is 26.4 Å². The first kappa shape index (κ1) is 14.5. The predicted molar refractivity (Wildman–Crippen MR) is 57.9 cm³/mol. The number of carbonyl (C=O) groups is 1. The fourth-order valence-corrected chi connectivity index (χ4v) is 2.23. The number of amides is 1. The summed E-state index contributed by atoms with van der Waals surface area (Å²) in [7, 11) is -2.68. The minimum Gasteiger partial charge on any atom is -0.355 e. The molecule has 0 bridgehead atoms. The summed E-state index contributed by atoms with van der Waals surface area (Å²) in [5.74, 6) is -0.760. The largest absolute Gasteiger partial charge is 0.416 e. The molecule has 1 aromatic rings. The second-order valence-corrected chi connectivity index (χ2v) is 5.54. The molecular formula is C10H10F3NO3S. The van der Waals surface area contributed by atoms with Gasteiger partial charge in [0.2, 0.25) is 0 Å². The molecule has 1 N–H and O–H groups in total. The molecule has 0 atom stereocenters. The summed E-state index contributed by atoms with van der Waals surface area (Å²) in [4.78, 5) is 10.7. The van der Waals surface area contributed by atoms with Crippen LogP contribution in [0, 0.1) is 0 Å². The van der Waals surface area contributed by atoms with Crippen LogP contribution in [0.4, 0.5) is 13.2 Å². The molecule has 0 unspecified atom stereocenters. The molecule has 0 aliphatic heterocycles. The zero-order valence-corrected chi connectivity index (χ0v) is 10.3. The van der Waals surface area contributed by atoms with Gasteiger partial charge in [-0.05, 0) is 18.2 Å². The van der Waals surface area contributed by atoms with Crippen molar-refractivity contribution in [2.75, 3.05) is 13.3 Å². The van der Waals surface area contributed by atoms with Gasteiger partial charge < -0.3 is 5.32 Å². The molecule has 1 amide bonds. The van der Waals surface area contributed by atoms with Crippen molar-refractivity contribution in [3.8, 4) is 0 Å². The van der Waals surface area contributed by atoms with Crippen LogP contribution < -0.4 is 5.32 Å². The van der Waals surface area contributed by atoms with Crippen LogP contribution in [0.15, 0.2) is 23.1 Å². The van der Waals surface area contributed by atoms with E-state index in [0.717, 1.165) is 12.3 Å².